The van der Waals surface area contributed by atoms with Gasteiger partial charge < -0.3 is 25.0 Å². The molecule has 0 bridgehead atoms. The zero-order valence-corrected chi connectivity index (χ0v) is 27.0. The smallest absolute Gasteiger partial charge is 0.475 e. The Bertz CT molecular complexity index is 1730. The van der Waals surface area contributed by atoms with E-state index in [1.165, 1.54) is 5.69 Å². The van der Waals surface area contributed by atoms with Crippen LogP contribution < -0.4 is 5.32 Å². The van der Waals surface area contributed by atoms with Gasteiger partial charge >= 0.3 is 24.3 Å². The Labute approximate surface area is 281 Å². The molecule has 11 nitrogen and oxygen atoms in total. The number of hydrogen-bond acceptors (Lipinski definition) is 7. The van der Waals surface area contributed by atoms with Gasteiger partial charge in [0.1, 0.15) is 6.17 Å². The number of H-pyrrole nitrogens is 1. The van der Waals surface area contributed by atoms with Crippen LogP contribution in [0.25, 0.3) is 33.5 Å². The zero-order chi connectivity index (χ0) is 36.8. The molecule has 1 aliphatic carbocycles. The van der Waals surface area contributed by atoms with Crippen LogP contribution in [0.15, 0.2) is 42.5 Å². The van der Waals surface area contributed by atoms with Gasteiger partial charge in [-0.1, -0.05) is 43.2 Å². The first kappa shape index (κ1) is 38.1. The van der Waals surface area contributed by atoms with Crippen LogP contribution >= 0.6 is 0 Å². The Morgan fingerprint density at radius 3 is 2.18 bits per heavy atom. The molecule has 4 N–H and O–H groups in total. The van der Waals surface area contributed by atoms with E-state index < -0.39 is 30.5 Å². The summed E-state index contributed by atoms with van der Waals surface area (Å²) in [5.74, 6) is -5.03. The highest BCUT2D eigenvalue weighted by Gasteiger charge is 2.39. The van der Waals surface area contributed by atoms with Crippen LogP contribution in [-0.4, -0.2) is 97.4 Å². The van der Waals surface area contributed by atoms with Gasteiger partial charge in [-0.25, -0.2) is 14.0 Å². The third-order valence-corrected chi connectivity index (χ3v) is 8.41. The number of aromatic nitrogens is 5. The first-order valence-corrected chi connectivity index (χ1v) is 15.6. The normalized spacial score (nSPS) is 19.0. The van der Waals surface area contributed by atoms with Crippen LogP contribution in [0.4, 0.5) is 36.4 Å². The fourth-order valence-corrected chi connectivity index (χ4v) is 6.13. The number of alkyl halides is 7. The molecule has 272 valence electrons. The Balaban J connectivity index is 0.000000340. The molecule has 1 aliphatic heterocycles. The number of carbonyl (C=O) groups is 2. The maximum Gasteiger partial charge on any atom is 0.490 e. The summed E-state index contributed by atoms with van der Waals surface area (Å²) in [5, 5.41) is 34.0. The summed E-state index contributed by atoms with van der Waals surface area (Å²) in [6, 6.07) is 15.3. The lowest BCUT2D eigenvalue weighted by Crippen LogP contribution is -2.28. The van der Waals surface area contributed by atoms with Crippen molar-refractivity contribution in [2.24, 2.45) is 0 Å². The van der Waals surface area contributed by atoms with Crippen molar-refractivity contribution < 1.29 is 50.5 Å². The number of fused-ring (bicyclic) bond motifs is 5. The molecule has 18 heteroatoms. The Morgan fingerprint density at radius 1 is 0.960 bits per heavy atom. The van der Waals surface area contributed by atoms with Crippen LogP contribution in [0.1, 0.15) is 50.0 Å². The summed E-state index contributed by atoms with van der Waals surface area (Å²) in [6.07, 6.45) is -5.35. The molecular weight excluding hydrogens is 679 g/mol. The lowest BCUT2D eigenvalue weighted by Gasteiger charge is -2.30. The lowest BCUT2D eigenvalue weighted by atomic mass is 9.80. The second kappa shape index (κ2) is 15.9. The van der Waals surface area contributed by atoms with Crippen molar-refractivity contribution in [2.75, 3.05) is 26.0 Å². The fourth-order valence-electron chi connectivity index (χ4n) is 6.13. The molecular formula is C32H36F7N7O4. The van der Waals surface area contributed by atoms with Gasteiger partial charge in [-0.3, -0.25) is 0 Å². The molecule has 1 saturated carbocycles. The average Bonchev–Trinajstić information content (AvgIpc) is 3.68. The van der Waals surface area contributed by atoms with E-state index in [9.17, 15) is 26.3 Å². The van der Waals surface area contributed by atoms with E-state index in [0.717, 1.165) is 78.5 Å². The predicted molar refractivity (Wildman–Crippen MR) is 169 cm³/mol. The second-order valence-electron chi connectivity index (χ2n) is 12.2. The number of aliphatic carboxylic acids is 2. The molecule has 0 spiro atoms. The minimum atomic E-state index is -5.08. The lowest BCUT2D eigenvalue weighted by molar-refractivity contribution is -0.193. The van der Waals surface area contributed by atoms with E-state index in [4.69, 9.17) is 19.8 Å². The molecule has 2 aromatic carbocycles. The molecule has 0 amide bonds. The highest BCUT2D eigenvalue weighted by atomic mass is 19.4. The van der Waals surface area contributed by atoms with Gasteiger partial charge in [0.05, 0.1) is 5.69 Å². The number of para-hydroxylation sites is 1. The number of nitrogens with zero attached hydrogens (tertiary/aromatic N) is 5. The van der Waals surface area contributed by atoms with E-state index in [2.05, 4.69) is 85.9 Å². The molecule has 50 heavy (non-hydrogen) atoms. The number of tetrazole rings is 1. The number of hydrogen-bond donors (Lipinski definition) is 4. The van der Waals surface area contributed by atoms with E-state index >= 15 is 4.39 Å². The largest absolute Gasteiger partial charge is 0.490 e. The number of halogens is 7. The summed E-state index contributed by atoms with van der Waals surface area (Å²) < 4.78 is 81.5. The summed E-state index contributed by atoms with van der Waals surface area (Å²) in [7, 11) is 4.25. The number of rotatable bonds is 5. The molecule has 3 heterocycles. The molecule has 2 aliphatic rings. The van der Waals surface area contributed by atoms with Crippen LogP contribution in [0.2, 0.25) is 0 Å². The van der Waals surface area contributed by atoms with Crippen molar-refractivity contribution in [1.82, 2.24) is 30.1 Å². The molecule has 1 fully saturated rings. The van der Waals surface area contributed by atoms with Gasteiger partial charge in [-0.05, 0) is 69.2 Å². The summed E-state index contributed by atoms with van der Waals surface area (Å²) >= 11 is 0. The van der Waals surface area contributed by atoms with Gasteiger partial charge in [-0.2, -0.15) is 31.6 Å². The number of aryl methyl sites for hydroxylation is 1. The van der Waals surface area contributed by atoms with Crippen molar-refractivity contribution >= 4 is 28.5 Å². The molecule has 4 aromatic rings. The molecule has 2 aromatic heterocycles. The minimum Gasteiger partial charge on any atom is -0.475 e. The Hall–Kier alpha value is -4.74. The number of carboxylic acids is 2. The van der Waals surface area contributed by atoms with Crippen LogP contribution in [0.5, 0.6) is 0 Å². The van der Waals surface area contributed by atoms with Gasteiger partial charge in [0.15, 0.2) is 0 Å². The van der Waals surface area contributed by atoms with Gasteiger partial charge in [0.25, 0.3) is 0 Å². The molecule has 0 saturated heterocycles. The minimum absolute atomic E-state index is 0.0921. The first-order chi connectivity index (χ1) is 23.5. The van der Waals surface area contributed by atoms with Crippen molar-refractivity contribution in [3.63, 3.8) is 0 Å². The van der Waals surface area contributed by atoms with Crippen molar-refractivity contribution in [3.8, 4) is 22.6 Å². The first-order valence-electron chi connectivity index (χ1n) is 15.6. The maximum atomic E-state index is 15.5. The number of anilines is 1. The quantitative estimate of drug-likeness (QED) is 0.162. The van der Waals surface area contributed by atoms with E-state index in [-0.39, 0.29) is 5.92 Å². The number of nitrogens with one attached hydrogen (secondary N) is 2. The third-order valence-electron chi connectivity index (χ3n) is 8.41. The topological polar surface area (TPSA) is 149 Å². The number of carboxylic acid groups (broad SMARTS) is 2. The van der Waals surface area contributed by atoms with Crippen molar-refractivity contribution in [1.29, 1.82) is 0 Å². The van der Waals surface area contributed by atoms with E-state index in [0.29, 0.717) is 18.3 Å². The number of aromatic amines is 1. The van der Waals surface area contributed by atoms with Gasteiger partial charge in [0, 0.05) is 46.2 Å². The van der Waals surface area contributed by atoms with E-state index in [1.807, 2.05) is 6.07 Å². The van der Waals surface area contributed by atoms with Crippen molar-refractivity contribution in [3.05, 3.63) is 48.0 Å². The van der Waals surface area contributed by atoms with Crippen LogP contribution in [0.3, 0.4) is 0 Å². The third kappa shape index (κ3) is 9.28. The summed E-state index contributed by atoms with van der Waals surface area (Å²) in [6.45, 7) is 1.89. The molecule has 0 radical (unpaired) electrons. The SMILES string of the molecule is CN(C)CCC1CCn2c(c(C3CCCC[C@@H]3F)c3ccc(-c4nn[nH]n4)cc32)-c2ccccc2N1.O=C(O)C(F)(F)F.O=C(O)C(F)(F)F. The van der Waals surface area contributed by atoms with Crippen LogP contribution in [0, 0.1) is 0 Å². The van der Waals surface area contributed by atoms with Crippen LogP contribution in [-0.2, 0) is 16.1 Å². The van der Waals surface area contributed by atoms with Gasteiger partial charge in [-0.15, -0.1) is 10.2 Å². The Morgan fingerprint density at radius 2 is 1.60 bits per heavy atom. The Kier molecular flexibility index (Phi) is 12.1. The molecule has 2 unspecified atom stereocenters. The standard InChI is InChI=1S/C28H34FN7.2C2HF3O2/c1-35(2)15-13-19-14-16-36-25-17-18(28-31-33-34-32-28)11-12-22(25)26(20-7-3-5-9-23(20)29)27(36)21-8-4-6-10-24(21)30-19;2*3-2(4,5)1(6)7/h4,6,8,10-12,17,19-20,23,30H,3,5,7,9,13-16H2,1-2H3,(H,31,32,33,34);2*(H,6,7)/t19?,20?,23-;;/m0../s1. The second-order valence-corrected chi connectivity index (χ2v) is 12.2. The van der Waals surface area contributed by atoms with E-state index in [1.54, 1.807) is 0 Å². The fraction of sp³-hybridized carbons (Fsp3) is 0.469. The van der Waals surface area contributed by atoms with Crippen molar-refractivity contribution in [2.45, 2.75) is 75.6 Å². The zero-order valence-electron chi connectivity index (χ0n) is 27.0. The summed E-state index contributed by atoms with van der Waals surface area (Å²) in [4.78, 5) is 20.0. The predicted octanol–water partition coefficient (Wildman–Crippen LogP) is 6.89. The highest BCUT2D eigenvalue weighted by Crippen LogP contribution is 2.48. The highest BCUT2D eigenvalue weighted by molar-refractivity contribution is 5.97. The molecule has 6 rings (SSSR count). The molecule has 3 atom stereocenters. The number of benzene rings is 2. The van der Waals surface area contributed by atoms with Gasteiger partial charge in [0.2, 0.25) is 5.82 Å². The average molecular weight is 716 g/mol. The summed E-state index contributed by atoms with van der Waals surface area (Å²) in [5.41, 5.74) is 6.68. The maximum absolute atomic E-state index is 15.5. The monoisotopic (exact) mass is 715 g/mol.